The van der Waals surface area contributed by atoms with Gasteiger partial charge in [-0.2, -0.15) is 0 Å². The molecule has 2 amide bonds. The largest absolute Gasteiger partial charge is 0.366 e. The van der Waals surface area contributed by atoms with E-state index in [4.69, 9.17) is 5.73 Å². The summed E-state index contributed by atoms with van der Waals surface area (Å²) >= 11 is 0. The number of nitrogens with zero attached hydrogens (tertiary/aromatic N) is 1. The van der Waals surface area contributed by atoms with E-state index >= 15 is 0 Å². The maximum absolute atomic E-state index is 12.1. The normalized spacial score (nSPS) is 10.6. The van der Waals surface area contributed by atoms with Crippen LogP contribution in [0, 0.1) is 0 Å². The molecule has 0 spiro atoms. The van der Waals surface area contributed by atoms with Crippen molar-refractivity contribution in [1.29, 1.82) is 0 Å². The first kappa shape index (κ1) is 16.4. The first-order chi connectivity index (χ1) is 12.0. The molecule has 2 aromatic carbocycles. The Hall–Kier alpha value is -3.48. The first-order valence-electron chi connectivity index (χ1n) is 7.71. The lowest BCUT2D eigenvalue weighted by atomic mass is 10.1. The number of primary amides is 1. The zero-order chi connectivity index (χ0) is 17.8. The van der Waals surface area contributed by atoms with Crippen LogP contribution >= 0.6 is 0 Å². The topological polar surface area (TPSA) is 118 Å². The molecule has 1 aromatic heterocycles. The van der Waals surface area contributed by atoms with Crippen LogP contribution in [0.3, 0.4) is 0 Å². The van der Waals surface area contributed by atoms with Crippen molar-refractivity contribution < 1.29 is 9.59 Å². The highest BCUT2D eigenvalue weighted by atomic mass is 16.2. The number of carbonyl (C=O) groups is 2. The predicted octanol–water partition coefficient (Wildman–Crippen LogP) is 1.59. The molecule has 3 rings (SSSR count). The predicted molar refractivity (Wildman–Crippen MR) is 94.3 cm³/mol. The second-order valence-corrected chi connectivity index (χ2v) is 5.49. The van der Waals surface area contributed by atoms with Crippen molar-refractivity contribution in [3.63, 3.8) is 0 Å². The molecule has 0 saturated carbocycles. The quantitative estimate of drug-likeness (QED) is 0.655. The zero-order valence-corrected chi connectivity index (χ0v) is 13.3. The molecule has 0 saturated heterocycles. The Morgan fingerprint density at radius 1 is 1.08 bits per heavy atom. The number of H-pyrrole nitrogens is 1. The molecule has 3 aromatic rings. The summed E-state index contributed by atoms with van der Waals surface area (Å²) in [6.07, 6.45) is 0.242. The van der Waals surface area contributed by atoms with Crippen LogP contribution in [0.4, 0.5) is 5.69 Å². The van der Waals surface area contributed by atoms with Gasteiger partial charge in [-0.15, -0.1) is 0 Å². The molecule has 0 fully saturated rings. The highest BCUT2D eigenvalue weighted by molar-refractivity contribution is 6.02. The number of hydrogen-bond acceptors (Lipinski definition) is 4. The van der Waals surface area contributed by atoms with Gasteiger partial charge in [-0.3, -0.25) is 14.4 Å². The van der Waals surface area contributed by atoms with Crippen molar-refractivity contribution in [3.8, 4) is 0 Å². The van der Waals surface area contributed by atoms with Crippen molar-refractivity contribution in [2.75, 3.05) is 5.32 Å². The number of aromatic amines is 1. The van der Waals surface area contributed by atoms with Crippen molar-refractivity contribution >= 4 is 28.5 Å². The van der Waals surface area contributed by atoms with Crippen molar-refractivity contribution in [2.24, 2.45) is 5.73 Å². The maximum Gasteiger partial charge on any atom is 0.270 e. The van der Waals surface area contributed by atoms with E-state index in [1.807, 2.05) is 12.1 Å². The molecule has 4 N–H and O–H groups in total. The Labute approximate surface area is 142 Å². The monoisotopic (exact) mass is 336 g/mol. The minimum atomic E-state index is -0.622. The molecule has 0 aliphatic rings. The second kappa shape index (κ2) is 6.96. The number of para-hydroxylation sites is 3. The Balaban J connectivity index is 1.72. The number of anilines is 1. The van der Waals surface area contributed by atoms with Gasteiger partial charge in [0.15, 0.2) is 0 Å². The number of amides is 2. The van der Waals surface area contributed by atoms with E-state index in [2.05, 4.69) is 15.3 Å². The number of carbonyl (C=O) groups excluding carboxylic acids is 2. The van der Waals surface area contributed by atoms with E-state index in [1.54, 1.807) is 30.3 Å². The lowest BCUT2D eigenvalue weighted by Crippen LogP contribution is -2.20. The van der Waals surface area contributed by atoms with Crippen LogP contribution in [-0.2, 0) is 11.2 Å². The number of aryl methyl sites for hydroxylation is 1. The lowest BCUT2D eigenvalue weighted by Gasteiger charge is -2.08. The third-order valence-electron chi connectivity index (χ3n) is 3.73. The Kier molecular flexibility index (Phi) is 4.56. The molecule has 0 unspecified atom stereocenters. The number of benzene rings is 2. The molecule has 0 atom stereocenters. The van der Waals surface area contributed by atoms with Crippen LogP contribution in [0.5, 0.6) is 0 Å². The van der Waals surface area contributed by atoms with E-state index in [9.17, 15) is 14.4 Å². The number of fused-ring (bicyclic) bond motifs is 1. The van der Waals surface area contributed by atoms with Crippen molar-refractivity contribution in [3.05, 3.63) is 70.1 Å². The van der Waals surface area contributed by atoms with E-state index in [0.717, 1.165) is 0 Å². The summed E-state index contributed by atoms with van der Waals surface area (Å²) in [7, 11) is 0. The van der Waals surface area contributed by atoms with E-state index in [0.29, 0.717) is 16.7 Å². The fourth-order valence-corrected chi connectivity index (χ4v) is 2.49. The molecule has 0 radical (unpaired) electrons. The fourth-order valence-electron chi connectivity index (χ4n) is 2.49. The van der Waals surface area contributed by atoms with Gasteiger partial charge in [0.25, 0.3) is 11.5 Å². The Morgan fingerprint density at radius 3 is 2.60 bits per heavy atom. The summed E-state index contributed by atoms with van der Waals surface area (Å²) < 4.78 is 0. The van der Waals surface area contributed by atoms with Crippen LogP contribution in [0.15, 0.2) is 53.3 Å². The summed E-state index contributed by atoms with van der Waals surface area (Å²) in [5.74, 6) is -0.952. The van der Waals surface area contributed by atoms with Gasteiger partial charge < -0.3 is 16.0 Å². The van der Waals surface area contributed by atoms with Gasteiger partial charge in [-0.05, 0) is 24.3 Å². The van der Waals surface area contributed by atoms with Crippen molar-refractivity contribution in [1.82, 2.24) is 9.97 Å². The van der Waals surface area contributed by atoms with Crippen LogP contribution < -0.4 is 16.6 Å². The van der Waals surface area contributed by atoms with E-state index in [1.165, 1.54) is 6.07 Å². The van der Waals surface area contributed by atoms with E-state index < -0.39 is 5.91 Å². The number of aromatic nitrogens is 2. The van der Waals surface area contributed by atoms with Crippen LogP contribution in [0.25, 0.3) is 11.0 Å². The maximum atomic E-state index is 12.1. The average Bonchev–Trinajstić information content (AvgIpc) is 2.60. The summed E-state index contributed by atoms with van der Waals surface area (Å²) in [5, 5.41) is 2.64. The zero-order valence-electron chi connectivity index (χ0n) is 13.3. The molecule has 7 heteroatoms. The number of nitrogens with one attached hydrogen (secondary N) is 2. The minimum Gasteiger partial charge on any atom is -0.366 e. The number of rotatable bonds is 5. The second-order valence-electron chi connectivity index (χ2n) is 5.49. The van der Waals surface area contributed by atoms with Gasteiger partial charge >= 0.3 is 0 Å². The van der Waals surface area contributed by atoms with E-state index in [-0.39, 0.29) is 35.6 Å². The standard InChI is InChI=1S/C18H16N4O3/c19-17(24)11-5-1-2-6-12(11)21-16(23)10-9-15-18(25)22-14-8-4-3-7-13(14)20-15/h1-8H,9-10H2,(H2,19,24)(H,21,23)(H,22,25). The molecule has 25 heavy (non-hydrogen) atoms. The molecule has 7 nitrogen and oxygen atoms in total. The van der Waals surface area contributed by atoms with Gasteiger partial charge in [0, 0.05) is 12.8 Å². The summed E-state index contributed by atoms with van der Waals surface area (Å²) in [4.78, 5) is 42.6. The number of hydrogen-bond donors (Lipinski definition) is 3. The molecule has 0 aliphatic heterocycles. The summed E-state index contributed by atoms with van der Waals surface area (Å²) in [6, 6.07) is 13.7. The van der Waals surface area contributed by atoms with Gasteiger partial charge in [0.2, 0.25) is 5.91 Å². The average molecular weight is 336 g/mol. The van der Waals surface area contributed by atoms with Crippen LogP contribution in [0.2, 0.25) is 0 Å². The smallest absolute Gasteiger partial charge is 0.270 e. The number of nitrogens with two attached hydrogens (primary N) is 1. The lowest BCUT2D eigenvalue weighted by molar-refractivity contribution is -0.116. The Bertz CT molecular complexity index is 1010. The minimum absolute atomic E-state index is 0.0571. The first-order valence-corrected chi connectivity index (χ1v) is 7.71. The molecule has 1 heterocycles. The SMILES string of the molecule is NC(=O)c1ccccc1NC(=O)CCc1nc2ccccc2[nH]c1=O. The molecular weight excluding hydrogens is 320 g/mol. The van der Waals surface area contributed by atoms with Crippen molar-refractivity contribution in [2.45, 2.75) is 12.8 Å². The van der Waals surface area contributed by atoms with Gasteiger partial charge in [-0.1, -0.05) is 24.3 Å². The summed E-state index contributed by atoms with van der Waals surface area (Å²) in [6.45, 7) is 0. The highest BCUT2D eigenvalue weighted by Gasteiger charge is 2.12. The molecule has 0 aliphatic carbocycles. The van der Waals surface area contributed by atoms with Gasteiger partial charge in [0.05, 0.1) is 22.3 Å². The third kappa shape index (κ3) is 3.72. The molecule has 126 valence electrons. The summed E-state index contributed by atoms with van der Waals surface area (Å²) in [5.41, 5.74) is 7.15. The molecular formula is C18H16N4O3. The van der Waals surface area contributed by atoms with Gasteiger partial charge in [0.1, 0.15) is 5.69 Å². The Morgan fingerprint density at radius 2 is 1.80 bits per heavy atom. The van der Waals surface area contributed by atoms with Crippen LogP contribution in [0.1, 0.15) is 22.5 Å². The highest BCUT2D eigenvalue weighted by Crippen LogP contribution is 2.15. The van der Waals surface area contributed by atoms with Gasteiger partial charge in [-0.25, -0.2) is 4.98 Å². The van der Waals surface area contributed by atoms with Crippen LogP contribution in [-0.4, -0.2) is 21.8 Å². The molecule has 0 bridgehead atoms. The fraction of sp³-hybridized carbons (Fsp3) is 0.111. The third-order valence-corrected chi connectivity index (χ3v) is 3.73.